The summed E-state index contributed by atoms with van der Waals surface area (Å²) in [5.41, 5.74) is 2.85. The smallest absolute Gasteiger partial charge is 0.129 e. The standard InChI is InChI=1S/C11H14FN/c1-8-3-4-9-7-13(2)6-5-10(9)11(8)12/h3-4H,5-7H2,1-2H3. The minimum absolute atomic E-state index is 0.00519. The van der Waals surface area contributed by atoms with Crippen molar-refractivity contribution in [2.24, 2.45) is 0 Å². The van der Waals surface area contributed by atoms with E-state index in [0.29, 0.717) is 0 Å². The molecule has 1 heterocycles. The highest BCUT2D eigenvalue weighted by atomic mass is 19.1. The summed E-state index contributed by atoms with van der Waals surface area (Å²) < 4.78 is 13.6. The molecule has 0 unspecified atom stereocenters. The van der Waals surface area contributed by atoms with Crippen LogP contribution in [0.3, 0.4) is 0 Å². The predicted molar refractivity (Wildman–Crippen MR) is 51.2 cm³/mol. The number of fused-ring (bicyclic) bond motifs is 1. The molecule has 1 aromatic carbocycles. The topological polar surface area (TPSA) is 3.24 Å². The monoisotopic (exact) mass is 179 g/mol. The average molecular weight is 179 g/mol. The van der Waals surface area contributed by atoms with Gasteiger partial charge in [0.25, 0.3) is 0 Å². The Labute approximate surface area is 78.2 Å². The van der Waals surface area contributed by atoms with Crippen LogP contribution >= 0.6 is 0 Å². The van der Waals surface area contributed by atoms with Crippen molar-refractivity contribution in [3.05, 3.63) is 34.6 Å². The molecule has 1 nitrogen and oxygen atoms in total. The van der Waals surface area contributed by atoms with Gasteiger partial charge in [-0.15, -0.1) is 0 Å². The van der Waals surface area contributed by atoms with Crippen molar-refractivity contribution in [2.75, 3.05) is 13.6 Å². The molecule has 2 heteroatoms. The van der Waals surface area contributed by atoms with E-state index in [0.717, 1.165) is 36.2 Å². The van der Waals surface area contributed by atoms with Crippen molar-refractivity contribution < 1.29 is 4.39 Å². The molecule has 0 bridgehead atoms. The van der Waals surface area contributed by atoms with Crippen LogP contribution in [0.1, 0.15) is 16.7 Å². The molecule has 0 aliphatic carbocycles. The van der Waals surface area contributed by atoms with Crippen molar-refractivity contribution in [3.8, 4) is 0 Å². The predicted octanol–water partition coefficient (Wildman–Crippen LogP) is 2.12. The Hall–Kier alpha value is -0.890. The summed E-state index contributed by atoms with van der Waals surface area (Å²) in [6, 6.07) is 3.91. The van der Waals surface area contributed by atoms with Gasteiger partial charge in [0.2, 0.25) is 0 Å². The summed E-state index contributed by atoms with van der Waals surface area (Å²) in [5, 5.41) is 0. The second-order valence-electron chi connectivity index (χ2n) is 3.82. The van der Waals surface area contributed by atoms with Gasteiger partial charge in [0.1, 0.15) is 5.82 Å². The van der Waals surface area contributed by atoms with Crippen LogP contribution in [0, 0.1) is 12.7 Å². The zero-order valence-electron chi connectivity index (χ0n) is 8.10. The van der Waals surface area contributed by atoms with Crippen molar-refractivity contribution in [2.45, 2.75) is 19.9 Å². The molecule has 0 saturated carbocycles. The summed E-state index contributed by atoms with van der Waals surface area (Å²) in [7, 11) is 2.07. The van der Waals surface area contributed by atoms with Gasteiger partial charge in [0, 0.05) is 13.1 Å². The largest absolute Gasteiger partial charge is 0.302 e. The number of likely N-dealkylation sites (N-methyl/N-ethyl adjacent to an activating group) is 1. The molecule has 0 N–H and O–H groups in total. The van der Waals surface area contributed by atoms with Crippen LogP contribution in [0.25, 0.3) is 0 Å². The molecule has 0 atom stereocenters. The van der Waals surface area contributed by atoms with Gasteiger partial charge in [-0.25, -0.2) is 4.39 Å². The van der Waals surface area contributed by atoms with E-state index in [1.165, 1.54) is 0 Å². The molecule has 2 rings (SSSR count). The molecule has 1 aromatic rings. The van der Waals surface area contributed by atoms with Crippen LogP contribution in [-0.4, -0.2) is 18.5 Å². The van der Waals surface area contributed by atoms with Crippen LogP contribution in [0.5, 0.6) is 0 Å². The normalized spacial score (nSPS) is 17.2. The Morgan fingerprint density at radius 2 is 2.15 bits per heavy atom. The van der Waals surface area contributed by atoms with Crippen LogP contribution in [0.15, 0.2) is 12.1 Å². The molecule has 0 saturated heterocycles. The Morgan fingerprint density at radius 1 is 1.38 bits per heavy atom. The van der Waals surface area contributed by atoms with Gasteiger partial charge in [-0.3, -0.25) is 0 Å². The van der Waals surface area contributed by atoms with Gasteiger partial charge in [0.15, 0.2) is 0 Å². The van der Waals surface area contributed by atoms with E-state index < -0.39 is 0 Å². The third-order valence-electron chi connectivity index (χ3n) is 2.72. The summed E-state index contributed by atoms with van der Waals surface area (Å²) in [6.07, 6.45) is 0.847. The Bertz CT molecular complexity index is 333. The van der Waals surface area contributed by atoms with Gasteiger partial charge in [0.05, 0.1) is 0 Å². The summed E-state index contributed by atoms with van der Waals surface area (Å²) in [4.78, 5) is 2.22. The molecular weight excluding hydrogens is 165 g/mol. The molecule has 70 valence electrons. The zero-order chi connectivity index (χ0) is 9.42. The van der Waals surface area contributed by atoms with E-state index in [9.17, 15) is 4.39 Å². The highest BCUT2D eigenvalue weighted by molar-refractivity contribution is 5.34. The Morgan fingerprint density at radius 3 is 2.92 bits per heavy atom. The highest BCUT2D eigenvalue weighted by Gasteiger charge is 2.17. The number of hydrogen-bond acceptors (Lipinski definition) is 1. The number of nitrogens with zero attached hydrogens (tertiary/aromatic N) is 1. The molecule has 0 fully saturated rings. The number of benzene rings is 1. The first-order chi connectivity index (χ1) is 6.18. The van der Waals surface area contributed by atoms with Crippen molar-refractivity contribution >= 4 is 0 Å². The van der Waals surface area contributed by atoms with E-state index in [1.807, 2.05) is 19.1 Å². The number of halogens is 1. The van der Waals surface area contributed by atoms with Gasteiger partial charge in [-0.2, -0.15) is 0 Å². The Kier molecular flexibility index (Phi) is 2.08. The molecule has 1 aliphatic rings. The van der Waals surface area contributed by atoms with Crippen LogP contribution in [0.4, 0.5) is 4.39 Å². The van der Waals surface area contributed by atoms with Crippen molar-refractivity contribution in [3.63, 3.8) is 0 Å². The lowest BCUT2D eigenvalue weighted by Crippen LogP contribution is -2.27. The van der Waals surface area contributed by atoms with E-state index in [1.54, 1.807) is 0 Å². The maximum atomic E-state index is 13.6. The third-order valence-corrected chi connectivity index (χ3v) is 2.72. The highest BCUT2D eigenvalue weighted by Crippen LogP contribution is 2.22. The summed E-state index contributed by atoms with van der Waals surface area (Å²) >= 11 is 0. The molecule has 1 aliphatic heterocycles. The van der Waals surface area contributed by atoms with Gasteiger partial charge in [-0.05, 0) is 37.1 Å². The molecular formula is C11H14FN. The van der Waals surface area contributed by atoms with E-state index in [4.69, 9.17) is 0 Å². The van der Waals surface area contributed by atoms with E-state index >= 15 is 0 Å². The molecule has 0 aromatic heterocycles. The van der Waals surface area contributed by atoms with Crippen LogP contribution in [-0.2, 0) is 13.0 Å². The summed E-state index contributed by atoms with van der Waals surface area (Å²) in [6.45, 7) is 3.67. The van der Waals surface area contributed by atoms with Gasteiger partial charge >= 0.3 is 0 Å². The van der Waals surface area contributed by atoms with Crippen molar-refractivity contribution in [1.29, 1.82) is 0 Å². The zero-order valence-corrected chi connectivity index (χ0v) is 8.10. The average Bonchev–Trinajstić information content (AvgIpc) is 2.12. The van der Waals surface area contributed by atoms with E-state index in [-0.39, 0.29) is 5.82 Å². The Balaban J connectivity index is 2.47. The first-order valence-electron chi connectivity index (χ1n) is 4.64. The minimum atomic E-state index is 0.00519. The SMILES string of the molecule is Cc1ccc2c(c1F)CCN(C)C2. The van der Waals surface area contributed by atoms with Crippen molar-refractivity contribution in [1.82, 2.24) is 4.90 Å². The number of hydrogen-bond donors (Lipinski definition) is 0. The molecule has 13 heavy (non-hydrogen) atoms. The minimum Gasteiger partial charge on any atom is -0.302 e. The lowest BCUT2D eigenvalue weighted by Gasteiger charge is -2.25. The summed E-state index contributed by atoms with van der Waals surface area (Å²) in [5.74, 6) is 0.00519. The fraction of sp³-hybridized carbons (Fsp3) is 0.455. The quantitative estimate of drug-likeness (QED) is 0.589. The molecule has 0 amide bonds. The fourth-order valence-corrected chi connectivity index (χ4v) is 1.87. The van der Waals surface area contributed by atoms with E-state index in [2.05, 4.69) is 11.9 Å². The lowest BCUT2D eigenvalue weighted by atomic mass is 9.97. The first-order valence-corrected chi connectivity index (χ1v) is 4.64. The molecule has 0 spiro atoms. The van der Waals surface area contributed by atoms with Crippen LogP contribution < -0.4 is 0 Å². The van der Waals surface area contributed by atoms with Gasteiger partial charge in [-0.1, -0.05) is 12.1 Å². The number of rotatable bonds is 0. The second kappa shape index (κ2) is 3.11. The third kappa shape index (κ3) is 1.46. The lowest BCUT2D eigenvalue weighted by molar-refractivity contribution is 0.308. The molecule has 0 radical (unpaired) electrons. The van der Waals surface area contributed by atoms with Crippen LogP contribution in [0.2, 0.25) is 0 Å². The maximum absolute atomic E-state index is 13.6. The second-order valence-corrected chi connectivity index (χ2v) is 3.82. The number of aryl methyl sites for hydroxylation is 1. The maximum Gasteiger partial charge on any atom is 0.129 e. The van der Waals surface area contributed by atoms with Gasteiger partial charge < -0.3 is 4.90 Å². The fourth-order valence-electron chi connectivity index (χ4n) is 1.87. The first kappa shape index (κ1) is 8.70.